The van der Waals surface area contributed by atoms with Gasteiger partial charge in [0.1, 0.15) is 0 Å². The molecule has 0 atom stereocenters. The van der Waals surface area contributed by atoms with Gasteiger partial charge in [0.2, 0.25) is 10.0 Å². The Morgan fingerprint density at radius 1 is 1.00 bits per heavy atom. The molecule has 1 amide bonds. The maximum absolute atomic E-state index is 11.4. The largest absolute Gasteiger partial charge is 0.268 e. The molecule has 0 spiro atoms. The van der Waals surface area contributed by atoms with Crippen molar-refractivity contribution in [1.29, 1.82) is 0 Å². The molecule has 0 aromatic heterocycles. The number of amides is 1. The van der Waals surface area contributed by atoms with Crippen molar-refractivity contribution in [2.75, 3.05) is 6.26 Å². The lowest BCUT2D eigenvalue weighted by Gasteiger charge is -2.04. The molecule has 0 saturated heterocycles. The van der Waals surface area contributed by atoms with E-state index in [9.17, 15) is 13.2 Å². The molecule has 1 aromatic carbocycles. The Hall–Kier alpha value is -1.36. The van der Waals surface area contributed by atoms with E-state index in [4.69, 9.17) is 0 Å². The first-order valence-electron chi connectivity index (χ1n) is 7.89. The lowest BCUT2D eigenvalue weighted by atomic mass is 10.1. The number of carbonyl (C=O) groups excluding carboxylic acids is 1. The summed E-state index contributed by atoms with van der Waals surface area (Å²) in [4.78, 5) is 11.4. The first-order chi connectivity index (χ1) is 10.3. The molecule has 1 N–H and O–H groups in total. The third-order valence-corrected chi connectivity index (χ3v) is 3.68. The number of hydrogen-bond donors (Lipinski definition) is 1. The second-order valence-electron chi connectivity index (χ2n) is 5.43. The van der Waals surface area contributed by atoms with E-state index in [2.05, 4.69) is 13.8 Å². The van der Waals surface area contributed by atoms with E-state index >= 15 is 0 Å². The van der Waals surface area contributed by atoms with E-state index in [1.54, 1.807) is 31.2 Å². The monoisotopic (exact) mass is 327 g/mol. The van der Waals surface area contributed by atoms with Crippen LogP contribution in [0.1, 0.15) is 68.3 Å². The van der Waals surface area contributed by atoms with Crippen molar-refractivity contribution in [2.45, 2.75) is 59.3 Å². The Kier molecular flexibility index (Phi) is 10.5. The number of aryl methyl sites for hydroxylation is 1. The number of rotatable bonds is 7. The van der Waals surface area contributed by atoms with Gasteiger partial charge in [-0.2, -0.15) is 0 Å². The van der Waals surface area contributed by atoms with E-state index in [0.29, 0.717) is 5.56 Å². The first kappa shape index (κ1) is 20.6. The Bertz CT molecular complexity index is 533. The fourth-order valence-corrected chi connectivity index (χ4v) is 2.35. The van der Waals surface area contributed by atoms with Crippen LogP contribution in [0.2, 0.25) is 0 Å². The van der Waals surface area contributed by atoms with Crippen molar-refractivity contribution >= 4 is 15.9 Å². The quantitative estimate of drug-likeness (QED) is 0.768. The standard InChI is InChI=1S/C9H11NO3S.C8H18/c1-7-5-3-4-6-8(7)9(11)10-14(2,12)13;1-3-5-7-8-6-4-2/h3-6H,1-2H3,(H,10,11);3-8H2,1-2H3. The van der Waals surface area contributed by atoms with Crippen LogP contribution in [0.25, 0.3) is 0 Å². The van der Waals surface area contributed by atoms with Crippen LogP contribution in [-0.2, 0) is 10.0 Å². The normalized spacial score (nSPS) is 10.5. The van der Waals surface area contributed by atoms with Crippen molar-refractivity contribution in [3.05, 3.63) is 35.4 Å². The van der Waals surface area contributed by atoms with Gasteiger partial charge in [0.15, 0.2) is 0 Å². The van der Waals surface area contributed by atoms with E-state index in [1.165, 1.54) is 38.5 Å². The molecular weight excluding hydrogens is 298 g/mol. The van der Waals surface area contributed by atoms with Gasteiger partial charge in [-0.15, -0.1) is 0 Å². The van der Waals surface area contributed by atoms with E-state index in [1.807, 2.05) is 4.72 Å². The molecule has 1 aromatic rings. The molecule has 0 aliphatic heterocycles. The highest BCUT2D eigenvalue weighted by molar-refractivity contribution is 7.89. The second kappa shape index (κ2) is 11.2. The van der Waals surface area contributed by atoms with Gasteiger partial charge >= 0.3 is 0 Å². The summed E-state index contributed by atoms with van der Waals surface area (Å²) in [6.07, 6.45) is 9.44. The maximum atomic E-state index is 11.4. The number of benzene rings is 1. The van der Waals surface area contributed by atoms with Crippen molar-refractivity contribution in [3.63, 3.8) is 0 Å². The van der Waals surface area contributed by atoms with Crippen LogP contribution >= 0.6 is 0 Å². The molecule has 0 unspecified atom stereocenters. The molecular formula is C17H29NO3S. The number of carbonyl (C=O) groups is 1. The molecule has 1 rings (SSSR count). The molecule has 0 saturated carbocycles. The average Bonchev–Trinajstić information content (AvgIpc) is 2.43. The summed E-state index contributed by atoms with van der Waals surface area (Å²) in [6.45, 7) is 6.26. The van der Waals surface area contributed by atoms with Crippen LogP contribution in [-0.4, -0.2) is 20.6 Å². The lowest BCUT2D eigenvalue weighted by molar-refractivity contribution is 0.0981. The highest BCUT2D eigenvalue weighted by Crippen LogP contribution is 2.06. The third-order valence-electron chi connectivity index (χ3n) is 3.12. The fourth-order valence-electron chi connectivity index (χ4n) is 1.90. The molecule has 0 fully saturated rings. The highest BCUT2D eigenvalue weighted by atomic mass is 32.2. The van der Waals surface area contributed by atoms with Crippen LogP contribution in [0.3, 0.4) is 0 Å². The molecule has 126 valence electrons. The van der Waals surface area contributed by atoms with Crippen LogP contribution in [0, 0.1) is 6.92 Å². The zero-order valence-corrected chi connectivity index (χ0v) is 15.0. The van der Waals surface area contributed by atoms with Gasteiger partial charge in [0, 0.05) is 5.56 Å². The van der Waals surface area contributed by atoms with Crippen LogP contribution in [0.5, 0.6) is 0 Å². The van der Waals surface area contributed by atoms with Crippen LogP contribution in [0.4, 0.5) is 0 Å². The van der Waals surface area contributed by atoms with Gasteiger partial charge in [-0.25, -0.2) is 13.1 Å². The summed E-state index contributed by atoms with van der Waals surface area (Å²) in [6, 6.07) is 6.80. The summed E-state index contributed by atoms with van der Waals surface area (Å²) < 4.78 is 23.5. The number of sulfonamides is 1. The topological polar surface area (TPSA) is 63.2 Å². The molecule has 0 radical (unpaired) electrons. The third kappa shape index (κ3) is 10.4. The fraction of sp³-hybridized carbons (Fsp3) is 0.588. The van der Waals surface area contributed by atoms with E-state index in [-0.39, 0.29) is 0 Å². The number of unbranched alkanes of at least 4 members (excludes halogenated alkanes) is 5. The molecule has 0 aliphatic rings. The Morgan fingerprint density at radius 3 is 1.91 bits per heavy atom. The minimum absolute atomic E-state index is 0.373. The van der Waals surface area contributed by atoms with Gasteiger partial charge < -0.3 is 0 Å². The Morgan fingerprint density at radius 2 is 1.50 bits per heavy atom. The molecule has 4 nitrogen and oxygen atoms in total. The molecule has 0 bridgehead atoms. The summed E-state index contributed by atoms with van der Waals surface area (Å²) in [5.41, 5.74) is 1.12. The smallest absolute Gasteiger partial charge is 0.264 e. The van der Waals surface area contributed by atoms with E-state index in [0.717, 1.165) is 11.8 Å². The van der Waals surface area contributed by atoms with Gasteiger partial charge in [-0.05, 0) is 18.6 Å². The minimum atomic E-state index is -3.49. The zero-order chi connectivity index (χ0) is 17.0. The van der Waals surface area contributed by atoms with Crippen LogP contribution in [0.15, 0.2) is 24.3 Å². The van der Waals surface area contributed by atoms with Gasteiger partial charge in [0.25, 0.3) is 5.91 Å². The zero-order valence-electron chi connectivity index (χ0n) is 14.2. The van der Waals surface area contributed by atoms with Crippen molar-refractivity contribution in [1.82, 2.24) is 4.72 Å². The van der Waals surface area contributed by atoms with Crippen molar-refractivity contribution < 1.29 is 13.2 Å². The van der Waals surface area contributed by atoms with Gasteiger partial charge in [-0.3, -0.25) is 4.79 Å². The summed E-state index contributed by atoms with van der Waals surface area (Å²) in [5, 5.41) is 0. The van der Waals surface area contributed by atoms with Gasteiger partial charge in [0.05, 0.1) is 6.26 Å². The number of nitrogens with one attached hydrogen (secondary N) is 1. The molecule has 0 aliphatic carbocycles. The minimum Gasteiger partial charge on any atom is -0.268 e. The average molecular weight is 327 g/mol. The summed E-state index contributed by atoms with van der Waals surface area (Å²) in [5.74, 6) is -0.592. The second-order valence-corrected chi connectivity index (χ2v) is 7.18. The number of hydrogen-bond acceptors (Lipinski definition) is 3. The molecule has 5 heteroatoms. The Labute approximate surface area is 135 Å². The summed E-state index contributed by atoms with van der Waals surface area (Å²) in [7, 11) is -3.49. The SMILES string of the molecule is CCCCCCCC.Cc1ccccc1C(=O)NS(C)(=O)=O. The van der Waals surface area contributed by atoms with Crippen molar-refractivity contribution in [2.24, 2.45) is 0 Å². The summed E-state index contributed by atoms with van der Waals surface area (Å²) >= 11 is 0. The van der Waals surface area contributed by atoms with Crippen molar-refractivity contribution in [3.8, 4) is 0 Å². The predicted molar refractivity (Wildman–Crippen MR) is 92.5 cm³/mol. The van der Waals surface area contributed by atoms with Gasteiger partial charge in [-0.1, -0.05) is 70.6 Å². The predicted octanol–water partition coefficient (Wildman–Crippen LogP) is 4.05. The Balaban J connectivity index is 0.000000472. The van der Waals surface area contributed by atoms with Crippen LogP contribution < -0.4 is 4.72 Å². The molecule has 22 heavy (non-hydrogen) atoms. The highest BCUT2D eigenvalue weighted by Gasteiger charge is 2.12. The first-order valence-corrected chi connectivity index (χ1v) is 9.78. The molecule has 0 heterocycles. The lowest BCUT2D eigenvalue weighted by Crippen LogP contribution is -2.29. The maximum Gasteiger partial charge on any atom is 0.264 e. The van der Waals surface area contributed by atoms with E-state index < -0.39 is 15.9 Å².